The van der Waals surface area contributed by atoms with Gasteiger partial charge in [-0.25, -0.2) is 8.42 Å². The van der Waals surface area contributed by atoms with Crippen molar-refractivity contribution in [2.24, 2.45) is 5.73 Å². The van der Waals surface area contributed by atoms with Crippen LogP contribution in [-0.2, 0) is 27.7 Å². The lowest BCUT2D eigenvalue weighted by Gasteiger charge is -2.21. The smallest absolute Gasteiger partial charge is 0.251 e. The molecule has 2 aliphatic rings. The number of primary amides is 1. The van der Waals surface area contributed by atoms with Crippen molar-refractivity contribution in [1.29, 1.82) is 0 Å². The Morgan fingerprint density at radius 2 is 1.96 bits per heavy atom. The minimum Gasteiger partial charge on any atom is -0.365 e. The molecule has 1 aromatic heterocycles. The van der Waals surface area contributed by atoms with Crippen molar-refractivity contribution in [3.8, 4) is 0 Å². The van der Waals surface area contributed by atoms with Crippen LogP contribution >= 0.6 is 11.3 Å². The third-order valence-corrected chi connectivity index (χ3v) is 7.08. The van der Waals surface area contributed by atoms with Gasteiger partial charge in [-0.05, 0) is 44.1 Å². The number of rotatable bonds is 4. The van der Waals surface area contributed by atoms with Crippen LogP contribution in [0.2, 0.25) is 0 Å². The molecule has 0 saturated carbocycles. The van der Waals surface area contributed by atoms with Gasteiger partial charge in [0.05, 0.1) is 11.8 Å². The molecule has 0 radical (unpaired) electrons. The number of hydrogen-bond acceptors (Lipinski definition) is 5. The van der Waals surface area contributed by atoms with E-state index in [9.17, 15) is 18.0 Å². The first kappa shape index (κ1) is 17.4. The van der Waals surface area contributed by atoms with Crippen molar-refractivity contribution in [2.45, 2.75) is 44.6 Å². The summed E-state index contributed by atoms with van der Waals surface area (Å²) >= 11 is 1.39. The number of thiophene rings is 1. The second-order valence-electron chi connectivity index (χ2n) is 6.30. The number of nitrogens with one attached hydrogen (secondary N) is 1. The molecule has 1 aromatic rings. The zero-order chi connectivity index (χ0) is 17.5. The minimum absolute atomic E-state index is 0.348. The number of carbonyl (C=O) groups is 2. The second-order valence-corrected chi connectivity index (χ2v) is 9.34. The maximum Gasteiger partial charge on any atom is 0.251 e. The van der Waals surface area contributed by atoms with Crippen molar-refractivity contribution in [3.05, 3.63) is 16.0 Å². The third kappa shape index (κ3) is 3.20. The van der Waals surface area contributed by atoms with Crippen LogP contribution in [0, 0.1) is 0 Å². The number of fused-ring (bicyclic) bond motifs is 1. The zero-order valence-corrected chi connectivity index (χ0v) is 15.1. The van der Waals surface area contributed by atoms with E-state index in [1.165, 1.54) is 15.6 Å². The number of aryl methyl sites for hydroxylation is 1. The van der Waals surface area contributed by atoms with Gasteiger partial charge < -0.3 is 11.1 Å². The summed E-state index contributed by atoms with van der Waals surface area (Å²) in [5, 5.41) is 3.22. The molecule has 2 amide bonds. The highest BCUT2D eigenvalue weighted by molar-refractivity contribution is 7.88. The molecule has 3 rings (SSSR count). The fourth-order valence-corrected chi connectivity index (χ4v) is 5.93. The number of anilines is 1. The number of hydrogen-bond donors (Lipinski definition) is 2. The maximum atomic E-state index is 12.6. The molecule has 1 atom stereocenters. The van der Waals surface area contributed by atoms with E-state index in [-0.39, 0.29) is 5.91 Å². The normalized spacial score (nSPS) is 21.5. The largest absolute Gasteiger partial charge is 0.365 e. The number of sulfonamides is 1. The van der Waals surface area contributed by atoms with Crippen molar-refractivity contribution in [1.82, 2.24) is 4.31 Å². The fourth-order valence-electron chi connectivity index (χ4n) is 3.51. The van der Waals surface area contributed by atoms with E-state index in [1.807, 2.05) is 0 Å². The number of nitrogens with zero attached hydrogens (tertiary/aromatic N) is 1. The Morgan fingerprint density at radius 3 is 2.62 bits per heavy atom. The monoisotopic (exact) mass is 371 g/mol. The summed E-state index contributed by atoms with van der Waals surface area (Å²) in [6, 6.07) is -0.722. The molecule has 1 aliphatic heterocycles. The highest BCUT2D eigenvalue weighted by Gasteiger charge is 2.37. The lowest BCUT2D eigenvalue weighted by Crippen LogP contribution is -2.42. The summed E-state index contributed by atoms with van der Waals surface area (Å²) < 4.78 is 24.8. The van der Waals surface area contributed by atoms with Crippen LogP contribution < -0.4 is 11.1 Å². The van der Waals surface area contributed by atoms with Gasteiger partial charge in [-0.3, -0.25) is 9.59 Å². The molecule has 1 unspecified atom stereocenters. The average molecular weight is 371 g/mol. The van der Waals surface area contributed by atoms with Gasteiger partial charge in [-0.1, -0.05) is 0 Å². The lowest BCUT2D eigenvalue weighted by atomic mass is 9.95. The lowest BCUT2D eigenvalue weighted by molar-refractivity contribution is -0.119. The van der Waals surface area contributed by atoms with Gasteiger partial charge in [-0.15, -0.1) is 11.3 Å². The van der Waals surface area contributed by atoms with Crippen molar-refractivity contribution in [2.75, 3.05) is 18.1 Å². The van der Waals surface area contributed by atoms with Gasteiger partial charge in [0.1, 0.15) is 11.0 Å². The first-order valence-corrected chi connectivity index (χ1v) is 10.7. The standard InChI is InChI=1S/C15H21N3O4S2/c1-24(21,22)18-8-4-6-10(18)14(20)17-15-12(13(16)19)9-5-2-3-7-11(9)23-15/h10H,2-8H2,1H3,(H2,16,19)(H,17,20). The van der Waals surface area contributed by atoms with Crippen LogP contribution in [0.15, 0.2) is 0 Å². The summed E-state index contributed by atoms with van der Waals surface area (Å²) in [6.45, 7) is 0.348. The van der Waals surface area contributed by atoms with Crippen LogP contribution in [0.4, 0.5) is 5.00 Å². The molecule has 3 N–H and O–H groups in total. The van der Waals surface area contributed by atoms with Crippen LogP contribution in [0.25, 0.3) is 0 Å². The molecule has 0 aromatic carbocycles. The molecule has 24 heavy (non-hydrogen) atoms. The van der Waals surface area contributed by atoms with E-state index in [2.05, 4.69) is 5.32 Å². The van der Waals surface area contributed by atoms with E-state index in [0.717, 1.165) is 42.4 Å². The van der Waals surface area contributed by atoms with E-state index in [4.69, 9.17) is 5.73 Å². The van der Waals surface area contributed by atoms with E-state index >= 15 is 0 Å². The van der Waals surface area contributed by atoms with Gasteiger partial charge in [0, 0.05) is 11.4 Å². The molecule has 0 bridgehead atoms. The SMILES string of the molecule is CS(=O)(=O)N1CCCC1C(=O)Nc1sc2c(c1C(N)=O)CCCC2. The molecule has 132 valence electrons. The zero-order valence-electron chi connectivity index (χ0n) is 13.5. The number of nitrogens with two attached hydrogens (primary N) is 1. The molecular weight excluding hydrogens is 350 g/mol. The van der Waals surface area contributed by atoms with E-state index in [0.29, 0.717) is 30.0 Å². The first-order valence-electron chi connectivity index (χ1n) is 8.01. The number of amides is 2. The van der Waals surface area contributed by atoms with Gasteiger partial charge in [0.25, 0.3) is 5.91 Å². The van der Waals surface area contributed by atoms with Gasteiger partial charge in [0.15, 0.2) is 0 Å². The van der Waals surface area contributed by atoms with Gasteiger partial charge in [-0.2, -0.15) is 4.31 Å². The van der Waals surface area contributed by atoms with Crippen molar-refractivity contribution >= 4 is 38.2 Å². The fraction of sp³-hybridized carbons (Fsp3) is 0.600. The molecular formula is C15H21N3O4S2. The molecule has 2 heterocycles. The van der Waals surface area contributed by atoms with Crippen molar-refractivity contribution in [3.63, 3.8) is 0 Å². The topological polar surface area (TPSA) is 110 Å². The van der Waals surface area contributed by atoms with Crippen LogP contribution in [0.3, 0.4) is 0 Å². The summed E-state index contributed by atoms with van der Waals surface area (Å²) in [6.07, 6.45) is 5.97. The Bertz CT molecular complexity index is 785. The summed E-state index contributed by atoms with van der Waals surface area (Å²) in [5.74, 6) is -0.935. The highest BCUT2D eigenvalue weighted by atomic mass is 32.2. The summed E-state index contributed by atoms with van der Waals surface area (Å²) in [5.41, 5.74) is 6.86. The quantitative estimate of drug-likeness (QED) is 0.825. The van der Waals surface area contributed by atoms with Crippen LogP contribution in [0.1, 0.15) is 46.5 Å². The molecule has 7 nitrogen and oxygen atoms in total. The minimum atomic E-state index is -3.43. The van der Waals surface area contributed by atoms with Gasteiger partial charge in [0.2, 0.25) is 15.9 Å². The Labute approximate surface area is 145 Å². The summed E-state index contributed by atoms with van der Waals surface area (Å²) in [4.78, 5) is 25.5. The maximum absolute atomic E-state index is 12.6. The van der Waals surface area contributed by atoms with Crippen LogP contribution in [-0.4, -0.2) is 43.4 Å². The highest BCUT2D eigenvalue weighted by Crippen LogP contribution is 2.38. The third-order valence-electron chi connectivity index (χ3n) is 4.59. The molecule has 1 fully saturated rings. The van der Waals surface area contributed by atoms with E-state index < -0.39 is 22.0 Å². The number of carbonyl (C=O) groups excluding carboxylic acids is 2. The van der Waals surface area contributed by atoms with E-state index in [1.54, 1.807) is 0 Å². The molecule has 9 heteroatoms. The Balaban J connectivity index is 1.87. The van der Waals surface area contributed by atoms with Crippen LogP contribution in [0.5, 0.6) is 0 Å². The Kier molecular flexibility index (Phi) is 4.67. The Hall–Kier alpha value is -1.45. The summed E-state index contributed by atoms with van der Waals surface area (Å²) in [7, 11) is -3.43. The molecule has 0 spiro atoms. The molecule has 1 saturated heterocycles. The molecule has 1 aliphatic carbocycles. The first-order chi connectivity index (χ1) is 11.3. The van der Waals surface area contributed by atoms with Gasteiger partial charge >= 0.3 is 0 Å². The van der Waals surface area contributed by atoms with Crippen molar-refractivity contribution < 1.29 is 18.0 Å². The Morgan fingerprint density at radius 1 is 1.25 bits per heavy atom. The predicted octanol–water partition coefficient (Wildman–Crippen LogP) is 1.09. The average Bonchev–Trinajstić information content (AvgIpc) is 3.10. The predicted molar refractivity (Wildman–Crippen MR) is 92.7 cm³/mol. The second kappa shape index (κ2) is 6.45.